The Bertz CT molecular complexity index is 626. The van der Waals surface area contributed by atoms with Crippen LogP contribution >= 0.6 is 24.0 Å². The van der Waals surface area contributed by atoms with Crippen LogP contribution in [0.25, 0.3) is 0 Å². The molecule has 0 saturated heterocycles. The molecular weight excluding hydrogens is 474 g/mol. The molecule has 2 rings (SSSR count). The number of phenolic OH excluding ortho intramolecular Hbond substituents is 1. The summed E-state index contributed by atoms with van der Waals surface area (Å²) in [5, 5.41) is 16.1. The summed E-state index contributed by atoms with van der Waals surface area (Å²) in [4.78, 5) is 4.08. The van der Waals surface area contributed by atoms with Crippen molar-refractivity contribution in [2.45, 2.75) is 44.3 Å². The van der Waals surface area contributed by atoms with Gasteiger partial charge in [0.2, 0.25) is 0 Å². The van der Waals surface area contributed by atoms with Gasteiger partial charge in [-0.25, -0.2) is 0 Å². The third-order valence-electron chi connectivity index (χ3n) is 4.68. The number of aromatic hydroxyl groups is 1. The molecule has 0 aliphatic heterocycles. The van der Waals surface area contributed by atoms with E-state index >= 15 is 0 Å². The molecule has 0 radical (unpaired) electrons. The predicted molar refractivity (Wildman–Crippen MR) is 110 cm³/mol. The lowest BCUT2D eigenvalue weighted by Gasteiger charge is -2.31. The van der Waals surface area contributed by atoms with Crippen LogP contribution in [0.4, 0.5) is 13.2 Å². The van der Waals surface area contributed by atoms with Gasteiger partial charge in [-0.1, -0.05) is 12.5 Å². The van der Waals surface area contributed by atoms with Gasteiger partial charge in [0, 0.05) is 25.7 Å². The van der Waals surface area contributed by atoms with Crippen molar-refractivity contribution in [2.24, 2.45) is 10.9 Å². The average Bonchev–Trinajstić information content (AvgIpc) is 2.61. The first kappa shape index (κ1) is 23.6. The molecular formula is C18H27F3IN3O2. The van der Waals surface area contributed by atoms with Crippen molar-refractivity contribution in [1.29, 1.82) is 0 Å². The van der Waals surface area contributed by atoms with E-state index in [4.69, 9.17) is 4.74 Å². The van der Waals surface area contributed by atoms with Crippen molar-refractivity contribution in [1.82, 2.24) is 10.6 Å². The molecule has 154 valence electrons. The minimum Gasteiger partial charge on any atom is -0.508 e. The molecule has 0 heterocycles. The van der Waals surface area contributed by atoms with Crippen LogP contribution < -0.4 is 15.4 Å². The number of aliphatic imine (C=N–C) groups is 1. The highest BCUT2D eigenvalue weighted by molar-refractivity contribution is 14.0. The van der Waals surface area contributed by atoms with Crippen molar-refractivity contribution < 1.29 is 23.0 Å². The molecule has 0 bridgehead atoms. The molecule has 1 aliphatic carbocycles. The van der Waals surface area contributed by atoms with Gasteiger partial charge < -0.3 is 20.5 Å². The number of halogens is 4. The highest BCUT2D eigenvalue weighted by atomic mass is 127. The monoisotopic (exact) mass is 501 g/mol. The Morgan fingerprint density at radius 2 is 2.07 bits per heavy atom. The van der Waals surface area contributed by atoms with Gasteiger partial charge in [0.05, 0.1) is 13.0 Å². The zero-order valence-electron chi connectivity index (χ0n) is 15.5. The zero-order chi connectivity index (χ0) is 19.2. The van der Waals surface area contributed by atoms with E-state index in [0.717, 1.165) is 5.56 Å². The Balaban J connectivity index is 0.00000364. The van der Waals surface area contributed by atoms with Crippen LogP contribution in [0, 0.1) is 5.92 Å². The number of methoxy groups -OCH3 is 1. The second-order valence-electron chi connectivity index (χ2n) is 6.49. The summed E-state index contributed by atoms with van der Waals surface area (Å²) in [7, 11) is 3.12. The molecule has 3 N–H and O–H groups in total. The smallest absolute Gasteiger partial charge is 0.391 e. The van der Waals surface area contributed by atoms with E-state index in [-0.39, 0.29) is 48.6 Å². The summed E-state index contributed by atoms with van der Waals surface area (Å²) in [6.45, 7) is 0.495. The number of guanidine groups is 1. The predicted octanol–water partition coefficient (Wildman–Crippen LogP) is 3.85. The largest absolute Gasteiger partial charge is 0.508 e. The van der Waals surface area contributed by atoms with Crippen molar-refractivity contribution in [3.05, 3.63) is 23.8 Å². The van der Waals surface area contributed by atoms with Crippen LogP contribution in [0.1, 0.15) is 31.2 Å². The lowest BCUT2D eigenvalue weighted by atomic mass is 9.85. The van der Waals surface area contributed by atoms with E-state index in [1.165, 1.54) is 7.11 Å². The summed E-state index contributed by atoms with van der Waals surface area (Å²) < 4.78 is 43.8. The van der Waals surface area contributed by atoms with E-state index in [1.807, 2.05) is 0 Å². The van der Waals surface area contributed by atoms with Crippen LogP contribution in [0.5, 0.6) is 11.5 Å². The molecule has 9 heteroatoms. The van der Waals surface area contributed by atoms with E-state index in [2.05, 4.69) is 15.6 Å². The van der Waals surface area contributed by atoms with Crippen LogP contribution in [0.3, 0.4) is 0 Å². The normalized spacial score (nSPS) is 20.6. The highest BCUT2D eigenvalue weighted by Crippen LogP contribution is 2.37. The minimum absolute atomic E-state index is 0. The Kier molecular flexibility index (Phi) is 9.48. The first-order valence-electron chi connectivity index (χ1n) is 8.73. The quantitative estimate of drug-likeness (QED) is 0.326. The molecule has 1 aromatic rings. The number of nitrogens with one attached hydrogen (secondary N) is 2. The number of alkyl halides is 3. The SMILES string of the molecule is CN=C(NCCc1ccc(OC)cc1O)NC1CCCC(C(F)(F)F)C1.I. The van der Waals surface area contributed by atoms with Crippen molar-refractivity contribution in [3.8, 4) is 11.5 Å². The summed E-state index contributed by atoms with van der Waals surface area (Å²) in [5.41, 5.74) is 0.753. The number of hydrogen-bond donors (Lipinski definition) is 3. The average molecular weight is 501 g/mol. The van der Waals surface area contributed by atoms with Gasteiger partial charge in [-0.2, -0.15) is 13.2 Å². The van der Waals surface area contributed by atoms with E-state index in [9.17, 15) is 18.3 Å². The second kappa shape index (κ2) is 10.8. The fraction of sp³-hybridized carbons (Fsp3) is 0.611. The van der Waals surface area contributed by atoms with Crippen molar-refractivity contribution in [2.75, 3.05) is 20.7 Å². The Morgan fingerprint density at radius 1 is 1.33 bits per heavy atom. The molecule has 1 aliphatic rings. The number of phenols is 1. The lowest BCUT2D eigenvalue weighted by Crippen LogP contribution is -2.47. The lowest BCUT2D eigenvalue weighted by molar-refractivity contribution is -0.183. The number of ether oxygens (including phenoxy) is 1. The second-order valence-corrected chi connectivity index (χ2v) is 6.49. The standard InChI is InChI=1S/C18H26F3N3O2.HI/c1-22-17(24-14-5-3-4-13(10-14)18(19,20)21)23-9-8-12-6-7-15(26-2)11-16(12)25;/h6-7,11,13-14,25H,3-5,8-10H2,1-2H3,(H2,22,23,24);1H. The van der Waals surface area contributed by atoms with Gasteiger partial charge in [0.25, 0.3) is 0 Å². The topological polar surface area (TPSA) is 65.9 Å². The highest BCUT2D eigenvalue weighted by Gasteiger charge is 2.42. The fourth-order valence-electron chi connectivity index (χ4n) is 3.20. The number of hydrogen-bond acceptors (Lipinski definition) is 3. The summed E-state index contributed by atoms with van der Waals surface area (Å²) >= 11 is 0. The molecule has 0 amide bonds. The van der Waals surface area contributed by atoms with Gasteiger partial charge in [-0.05, 0) is 37.3 Å². The Labute approximate surface area is 174 Å². The zero-order valence-corrected chi connectivity index (χ0v) is 17.8. The minimum atomic E-state index is -4.14. The van der Waals surface area contributed by atoms with Crippen molar-refractivity contribution in [3.63, 3.8) is 0 Å². The number of benzene rings is 1. The first-order valence-corrected chi connectivity index (χ1v) is 8.73. The maximum absolute atomic E-state index is 12.9. The third-order valence-corrected chi connectivity index (χ3v) is 4.68. The van der Waals surface area contributed by atoms with E-state index in [1.54, 1.807) is 25.2 Å². The molecule has 2 atom stereocenters. The molecule has 5 nitrogen and oxygen atoms in total. The van der Waals surface area contributed by atoms with Crippen LogP contribution in [-0.2, 0) is 6.42 Å². The molecule has 2 unspecified atom stereocenters. The maximum atomic E-state index is 12.9. The molecule has 1 aromatic carbocycles. The van der Waals surface area contributed by atoms with Gasteiger partial charge >= 0.3 is 6.18 Å². The van der Waals surface area contributed by atoms with Gasteiger partial charge in [-0.3, -0.25) is 4.99 Å². The van der Waals surface area contributed by atoms with Crippen LogP contribution in [0.2, 0.25) is 0 Å². The number of nitrogens with zero attached hydrogens (tertiary/aromatic N) is 1. The summed E-state index contributed by atoms with van der Waals surface area (Å²) in [5.74, 6) is -0.0449. The third kappa shape index (κ3) is 7.27. The maximum Gasteiger partial charge on any atom is 0.391 e. The Morgan fingerprint density at radius 3 is 2.67 bits per heavy atom. The molecule has 0 spiro atoms. The van der Waals surface area contributed by atoms with Crippen LogP contribution in [-0.4, -0.2) is 44.0 Å². The Hall–Kier alpha value is -1.39. The first-order chi connectivity index (χ1) is 12.3. The molecule has 1 fully saturated rings. The van der Waals surface area contributed by atoms with E-state index < -0.39 is 12.1 Å². The molecule has 0 aromatic heterocycles. The van der Waals surface area contributed by atoms with Gasteiger partial charge in [-0.15, -0.1) is 24.0 Å². The molecule has 1 saturated carbocycles. The van der Waals surface area contributed by atoms with Crippen molar-refractivity contribution >= 4 is 29.9 Å². The van der Waals surface area contributed by atoms with Crippen LogP contribution in [0.15, 0.2) is 23.2 Å². The summed E-state index contributed by atoms with van der Waals surface area (Å²) in [6, 6.07) is 4.85. The fourth-order valence-corrected chi connectivity index (χ4v) is 3.20. The molecule has 27 heavy (non-hydrogen) atoms. The number of rotatable bonds is 5. The van der Waals surface area contributed by atoms with Gasteiger partial charge in [0.15, 0.2) is 5.96 Å². The summed E-state index contributed by atoms with van der Waals surface area (Å²) in [6.07, 6.45) is -2.06. The van der Waals surface area contributed by atoms with E-state index in [0.29, 0.717) is 37.5 Å². The van der Waals surface area contributed by atoms with Gasteiger partial charge in [0.1, 0.15) is 11.5 Å².